The molecular formula is C15H13N3O2. The fourth-order valence-corrected chi connectivity index (χ4v) is 1.96. The lowest BCUT2D eigenvalue weighted by Gasteiger charge is -2.04. The van der Waals surface area contributed by atoms with Crippen molar-refractivity contribution in [2.45, 2.75) is 13.8 Å². The van der Waals surface area contributed by atoms with Gasteiger partial charge in [-0.05, 0) is 6.92 Å². The second kappa shape index (κ2) is 4.77. The summed E-state index contributed by atoms with van der Waals surface area (Å²) in [4.78, 5) is 19.6. The molecule has 3 aromatic rings. The molecule has 2 heterocycles. The Kier molecular flexibility index (Phi) is 2.95. The summed E-state index contributed by atoms with van der Waals surface area (Å²) in [6.45, 7) is 3.40. The quantitative estimate of drug-likeness (QED) is 0.670. The van der Waals surface area contributed by atoms with Crippen molar-refractivity contribution in [3.05, 3.63) is 48.4 Å². The summed E-state index contributed by atoms with van der Waals surface area (Å²) in [5.74, 6) is 0.0174. The number of benzene rings is 1. The molecule has 0 unspecified atom stereocenters. The topological polar surface area (TPSA) is 56.5 Å². The molecule has 0 amide bonds. The fourth-order valence-electron chi connectivity index (χ4n) is 1.96. The number of carbonyl (C=O) groups is 1. The molecule has 100 valence electrons. The van der Waals surface area contributed by atoms with Crippen molar-refractivity contribution >= 4 is 11.6 Å². The third kappa shape index (κ3) is 2.25. The van der Waals surface area contributed by atoms with Gasteiger partial charge in [-0.25, -0.2) is 4.98 Å². The predicted octanol–water partition coefficient (Wildman–Crippen LogP) is 2.63. The van der Waals surface area contributed by atoms with E-state index in [1.807, 2.05) is 37.4 Å². The molecule has 0 N–H and O–H groups in total. The number of aryl methyl sites for hydroxylation is 1. The molecule has 3 rings (SSSR count). The first-order valence-corrected chi connectivity index (χ1v) is 6.22. The molecule has 0 bridgehead atoms. The average molecular weight is 267 g/mol. The van der Waals surface area contributed by atoms with Crippen LogP contribution >= 0.6 is 0 Å². The second-order valence-electron chi connectivity index (χ2n) is 4.56. The Morgan fingerprint density at radius 3 is 2.60 bits per heavy atom. The fraction of sp³-hybridized carbons (Fsp3) is 0.133. The first-order chi connectivity index (χ1) is 9.63. The van der Waals surface area contributed by atoms with E-state index in [1.54, 1.807) is 10.6 Å². The number of hydrogen-bond donors (Lipinski definition) is 0. The second-order valence-corrected chi connectivity index (χ2v) is 4.56. The highest BCUT2D eigenvalue weighted by molar-refractivity contribution is 5.69. The van der Waals surface area contributed by atoms with Gasteiger partial charge in [-0.1, -0.05) is 29.8 Å². The number of carbonyl (C=O) groups excluding carboxylic acids is 1. The summed E-state index contributed by atoms with van der Waals surface area (Å²) >= 11 is 0. The molecule has 5 nitrogen and oxygen atoms in total. The molecule has 0 atom stereocenters. The number of aromatic nitrogens is 3. The van der Waals surface area contributed by atoms with E-state index in [0.29, 0.717) is 11.5 Å². The molecule has 0 aliphatic rings. The highest BCUT2D eigenvalue weighted by Gasteiger charge is 2.08. The standard InChI is InChI=1S/C15H13N3O2/c1-10-3-5-12(6-4-10)13-9-18-14(7-16-13)17-8-15(18)20-11(2)19/h3-9H,1-2H3. The van der Waals surface area contributed by atoms with Gasteiger partial charge in [0.05, 0.1) is 18.1 Å². The van der Waals surface area contributed by atoms with Crippen molar-refractivity contribution in [1.82, 2.24) is 14.4 Å². The maximum atomic E-state index is 11.1. The predicted molar refractivity (Wildman–Crippen MR) is 74.5 cm³/mol. The van der Waals surface area contributed by atoms with E-state index in [9.17, 15) is 4.79 Å². The van der Waals surface area contributed by atoms with Gasteiger partial charge in [0.25, 0.3) is 0 Å². The summed E-state index contributed by atoms with van der Waals surface area (Å²) < 4.78 is 6.82. The Balaban J connectivity index is 2.09. The van der Waals surface area contributed by atoms with E-state index in [1.165, 1.54) is 18.7 Å². The number of imidazole rings is 1. The smallest absolute Gasteiger partial charge is 0.309 e. The van der Waals surface area contributed by atoms with Crippen molar-refractivity contribution in [2.75, 3.05) is 0 Å². The lowest BCUT2D eigenvalue weighted by Crippen LogP contribution is -2.04. The number of rotatable bonds is 2. The highest BCUT2D eigenvalue weighted by atomic mass is 16.5. The van der Waals surface area contributed by atoms with Gasteiger partial charge in [0.2, 0.25) is 5.88 Å². The van der Waals surface area contributed by atoms with Crippen LogP contribution in [0.2, 0.25) is 0 Å². The molecular weight excluding hydrogens is 254 g/mol. The van der Waals surface area contributed by atoms with Gasteiger partial charge in [-0.3, -0.25) is 14.2 Å². The number of esters is 1. The van der Waals surface area contributed by atoms with Gasteiger partial charge in [0.15, 0.2) is 5.65 Å². The van der Waals surface area contributed by atoms with Crippen LogP contribution in [0.15, 0.2) is 42.9 Å². The van der Waals surface area contributed by atoms with Gasteiger partial charge in [0, 0.05) is 18.7 Å². The lowest BCUT2D eigenvalue weighted by molar-refractivity contribution is -0.132. The van der Waals surface area contributed by atoms with Gasteiger partial charge in [-0.15, -0.1) is 0 Å². The van der Waals surface area contributed by atoms with Gasteiger partial charge in [0.1, 0.15) is 0 Å². The van der Waals surface area contributed by atoms with E-state index >= 15 is 0 Å². The Bertz CT molecular complexity index is 775. The number of hydrogen-bond acceptors (Lipinski definition) is 4. The normalized spacial score (nSPS) is 10.7. The summed E-state index contributed by atoms with van der Waals surface area (Å²) in [5.41, 5.74) is 3.62. The molecule has 0 aliphatic heterocycles. The first-order valence-electron chi connectivity index (χ1n) is 6.22. The highest BCUT2D eigenvalue weighted by Crippen LogP contribution is 2.21. The van der Waals surface area contributed by atoms with Crippen LogP contribution in [0, 0.1) is 6.92 Å². The summed E-state index contributed by atoms with van der Waals surface area (Å²) in [6, 6.07) is 8.07. The zero-order valence-corrected chi connectivity index (χ0v) is 11.2. The number of ether oxygens (including phenoxy) is 1. The minimum atomic E-state index is -0.375. The maximum absolute atomic E-state index is 11.1. The minimum Gasteiger partial charge on any atom is -0.407 e. The molecule has 0 fully saturated rings. The third-order valence-corrected chi connectivity index (χ3v) is 2.96. The molecule has 0 aliphatic carbocycles. The molecule has 1 aromatic carbocycles. The van der Waals surface area contributed by atoms with E-state index in [-0.39, 0.29) is 5.97 Å². The van der Waals surface area contributed by atoms with Crippen LogP contribution < -0.4 is 4.74 Å². The first kappa shape index (κ1) is 12.3. The summed E-state index contributed by atoms with van der Waals surface area (Å²) in [6.07, 6.45) is 4.98. The van der Waals surface area contributed by atoms with Crippen LogP contribution in [-0.4, -0.2) is 20.3 Å². The number of nitrogens with zero attached hydrogens (tertiary/aromatic N) is 3. The number of fused-ring (bicyclic) bond motifs is 1. The van der Waals surface area contributed by atoms with Crippen molar-refractivity contribution < 1.29 is 9.53 Å². The van der Waals surface area contributed by atoms with Crippen molar-refractivity contribution in [1.29, 1.82) is 0 Å². The van der Waals surface area contributed by atoms with Crippen LogP contribution in [-0.2, 0) is 4.79 Å². The molecule has 5 heteroatoms. The van der Waals surface area contributed by atoms with Crippen LogP contribution in [0.1, 0.15) is 12.5 Å². The van der Waals surface area contributed by atoms with E-state index in [2.05, 4.69) is 9.97 Å². The monoisotopic (exact) mass is 267 g/mol. The van der Waals surface area contributed by atoms with Crippen LogP contribution in [0.25, 0.3) is 16.9 Å². The zero-order chi connectivity index (χ0) is 14.1. The average Bonchev–Trinajstić information content (AvgIpc) is 2.81. The van der Waals surface area contributed by atoms with Crippen LogP contribution in [0.4, 0.5) is 0 Å². The Morgan fingerprint density at radius 1 is 1.15 bits per heavy atom. The Labute approximate surface area is 115 Å². The van der Waals surface area contributed by atoms with Gasteiger partial charge >= 0.3 is 5.97 Å². The summed E-state index contributed by atoms with van der Waals surface area (Å²) in [5, 5.41) is 0. The van der Waals surface area contributed by atoms with Crippen LogP contribution in [0.5, 0.6) is 5.88 Å². The summed E-state index contributed by atoms with van der Waals surface area (Å²) in [7, 11) is 0. The molecule has 0 saturated carbocycles. The lowest BCUT2D eigenvalue weighted by atomic mass is 10.1. The maximum Gasteiger partial charge on any atom is 0.309 e. The molecule has 0 spiro atoms. The molecule has 0 saturated heterocycles. The van der Waals surface area contributed by atoms with Crippen LogP contribution in [0.3, 0.4) is 0 Å². The Morgan fingerprint density at radius 2 is 1.90 bits per heavy atom. The molecule has 0 radical (unpaired) electrons. The largest absolute Gasteiger partial charge is 0.407 e. The minimum absolute atomic E-state index is 0.375. The van der Waals surface area contributed by atoms with E-state index < -0.39 is 0 Å². The molecule has 2 aromatic heterocycles. The van der Waals surface area contributed by atoms with Gasteiger partial charge < -0.3 is 4.74 Å². The zero-order valence-electron chi connectivity index (χ0n) is 11.2. The molecule has 20 heavy (non-hydrogen) atoms. The van der Waals surface area contributed by atoms with Crippen molar-refractivity contribution in [3.8, 4) is 17.1 Å². The van der Waals surface area contributed by atoms with Crippen molar-refractivity contribution in [2.24, 2.45) is 0 Å². The Hall–Kier alpha value is -2.69. The third-order valence-electron chi connectivity index (χ3n) is 2.96. The van der Waals surface area contributed by atoms with E-state index in [0.717, 1.165) is 11.3 Å². The SMILES string of the molecule is CC(=O)Oc1cnc2cnc(-c3ccc(C)cc3)cn12. The van der Waals surface area contributed by atoms with Crippen molar-refractivity contribution in [3.63, 3.8) is 0 Å². The van der Waals surface area contributed by atoms with Gasteiger partial charge in [-0.2, -0.15) is 0 Å². The van der Waals surface area contributed by atoms with E-state index in [4.69, 9.17) is 4.74 Å².